The minimum absolute atomic E-state index is 0.107. The fraction of sp³-hybridized carbons (Fsp3) is 0.955. The standard InChI is InChI=1S/C89H174O17P2/c1-9-82(8)68-60-52-44-36-30-23-19-15-11-13-17-21-25-33-39-47-55-63-71-88(93)105-84(75-99-86(91)69-61-53-45-37-31-27-26-29-35-42-50-58-66-80(4)5)77-103-107(95,96)101-73-83(90)74-102-108(97,98)104-78-85(76-100-87(92)70-62-54-48-40-43-51-59-67-81(6)7)106-89(94)72-64-56-46-38-32-24-20-16-12-10-14-18-22-28-34-41-49-57-65-79(2)3/h79-85,90H,9-78H2,1-8H3,(H,95,96)(H,97,98)/t82?,83?,84-,85-/m1/s1. The maximum absolute atomic E-state index is 13.2. The minimum atomic E-state index is -4.97. The van der Waals surface area contributed by atoms with Gasteiger partial charge in [-0.2, -0.15) is 0 Å². The Morgan fingerprint density at radius 2 is 0.444 bits per heavy atom. The molecule has 0 rings (SSSR count). The lowest BCUT2D eigenvalue weighted by Gasteiger charge is -2.21. The first-order valence-corrected chi connectivity index (χ1v) is 48.7. The van der Waals surface area contributed by atoms with Crippen molar-refractivity contribution in [2.45, 2.75) is 485 Å². The molecule has 19 heteroatoms. The highest BCUT2D eigenvalue weighted by atomic mass is 31.2. The summed E-state index contributed by atoms with van der Waals surface area (Å²) in [5.74, 6) is 1.07. The van der Waals surface area contributed by atoms with Crippen LogP contribution in [0.25, 0.3) is 0 Å². The Morgan fingerprint density at radius 3 is 0.657 bits per heavy atom. The molecule has 0 aliphatic carbocycles. The van der Waals surface area contributed by atoms with Gasteiger partial charge in [0, 0.05) is 25.7 Å². The third-order valence-electron chi connectivity index (χ3n) is 21.2. The molecule has 17 nitrogen and oxygen atoms in total. The summed E-state index contributed by atoms with van der Waals surface area (Å²) in [7, 11) is -9.93. The molecule has 0 fully saturated rings. The van der Waals surface area contributed by atoms with Crippen LogP contribution < -0.4 is 0 Å². The number of ether oxygens (including phenoxy) is 4. The highest BCUT2D eigenvalue weighted by Crippen LogP contribution is 2.45. The van der Waals surface area contributed by atoms with Crippen molar-refractivity contribution < 1.29 is 80.2 Å². The zero-order valence-electron chi connectivity index (χ0n) is 71.5. The Hall–Kier alpha value is -1.94. The van der Waals surface area contributed by atoms with Crippen LogP contribution in [0.4, 0.5) is 0 Å². The first-order chi connectivity index (χ1) is 52.1. The van der Waals surface area contributed by atoms with Gasteiger partial charge < -0.3 is 33.8 Å². The van der Waals surface area contributed by atoms with Gasteiger partial charge in [-0.1, -0.05) is 415 Å². The number of phosphoric ester groups is 2. The maximum Gasteiger partial charge on any atom is 0.472 e. The zero-order valence-corrected chi connectivity index (χ0v) is 73.3. The number of phosphoric acid groups is 2. The lowest BCUT2D eigenvalue weighted by molar-refractivity contribution is -0.161. The molecule has 4 unspecified atom stereocenters. The number of rotatable bonds is 86. The van der Waals surface area contributed by atoms with Crippen LogP contribution in [-0.4, -0.2) is 96.7 Å². The topological polar surface area (TPSA) is 237 Å². The van der Waals surface area contributed by atoms with E-state index >= 15 is 0 Å². The Balaban J connectivity index is 5.20. The lowest BCUT2D eigenvalue weighted by atomic mass is 9.99. The Bertz CT molecular complexity index is 2100. The second-order valence-electron chi connectivity index (χ2n) is 33.7. The molecule has 0 saturated heterocycles. The molecule has 6 atom stereocenters. The lowest BCUT2D eigenvalue weighted by Crippen LogP contribution is -2.30. The Labute approximate surface area is 664 Å². The molecule has 0 aromatic heterocycles. The summed E-state index contributed by atoms with van der Waals surface area (Å²) in [6.07, 6.45) is 68.2. The second-order valence-corrected chi connectivity index (χ2v) is 36.6. The number of esters is 4. The second kappa shape index (κ2) is 77.6. The van der Waals surface area contributed by atoms with E-state index in [9.17, 15) is 43.2 Å². The molecule has 0 bridgehead atoms. The van der Waals surface area contributed by atoms with Gasteiger partial charge >= 0.3 is 39.5 Å². The Kier molecular flexibility index (Phi) is 76.2. The zero-order chi connectivity index (χ0) is 79.5. The molecule has 0 spiro atoms. The quantitative estimate of drug-likeness (QED) is 0.0222. The van der Waals surface area contributed by atoms with Crippen LogP contribution in [0.5, 0.6) is 0 Å². The van der Waals surface area contributed by atoms with Gasteiger partial charge in [-0.15, -0.1) is 0 Å². The number of hydrogen-bond acceptors (Lipinski definition) is 15. The van der Waals surface area contributed by atoms with E-state index in [4.69, 9.17) is 37.0 Å². The molecular formula is C89H174O17P2. The molecular weight excluding hydrogens is 1400 g/mol. The largest absolute Gasteiger partial charge is 0.472 e. The highest BCUT2D eigenvalue weighted by Gasteiger charge is 2.31. The van der Waals surface area contributed by atoms with Crippen LogP contribution in [0.1, 0.15) is 466 Å². The van der Waals surface area contributed by atoms with Crippen LogP contribution in [0.2, 0.25) is 0 Å². The number of unbranched alkanes of at least 4 members (excludes halogenated alkanes) is 51. The van der Waals surface area contributed by atoms with Crippen molar-refractivity contribution in [1.82, 2.24) is 0 Å². The van der Waals surface area contributed by atoms with Crippen molar-refractivity contribution in [3.8, 4) is 0 Å². The fourth-order valence-electron chi connectivity index (χ4n) is 13.8. The van der Waals surface area contributed by atoms with E-state index < -0.39 is 97.5 Å². The average Bonchev–Trinajstić information content (AvgIpc) is 0.910. The van der Waals surface area contributed by atoms with Gasteiger partial charge in [-0.05, 0) is 49.4 Å². The van der Waals surface area contributed by atoms with Crippen molar-refractivity contribution in [1.29, 1.82) is 0 Å². The summed E-state index contributed by atoms with van der Waals surface area (Å²) in [6, 6.07) is 0. The van der Waals surface area contributed by atoms with E-state index in [1.54, 1.807) is 0 Å². The molecule has 0 aromatic rings. The van der Waals surface area contributed by atoms with Gasteiger partial charge in [0.2, 0.25) is 0 Å². The summed E-state index contributed by atoms with van der Waals surface area (Å²) in [4.78, 5) is 73.3. The number of carbonyl (C=O) groups excluding carboxylic acids is 4. The monoisotopic (exact) mass is 1580 g/mol. The smallest absolute Gasteiger partial charge is 0.462 e. The number of aliphatic hydroxyl groups is 1. The normalized spacial score (nSPS) is 14.1. The SMILES string of the molecule is CCC(C)CCCCCCCCCCCCCCCCCCCCC(=O)O[C@H](COC(=O)CCCCCCCCCCCCCCC(C)C)COP(=O)(O)OCC(O)COP(=O)(O)OC[C@@H](COC(=O)CCCCCCCCCC(C)C)OC(=O)CCCCCCCCCCCCCCCCCCCCC(C)C. The summed E-state index contributed by atoms with van der Waals surface area (Å²) in [6.45, 7) is 14.4. The van der Waals surface area contributed by atoms with Gasteiger partial charge in [0.05, 0.1) is 26.4 Å². The molecule has 3 N–H and O–H groups in total. The molecule has 0 heterocycles. The molecule has 0 radical (unpaired) electrons. The first kappa shape index (κ1) is 106. The predicted octanol–water partition coefficient (Wildman–Crippen LogP) is 27.1. The molecule has 108 heavy (non-hydrogen) atoms. The molecule has 0 amide bonds. The predicted molar refractivity (Wildman–Crippen MR) is 446 cm³/mol. The summed E-state index contributed by atoms with van der Waals surface area (Å²) in [5, 5.41) is 10.7. The maximum atomic E-state index is 13.2. The van der Waals surface area contributed by atoms with E-state index in [1.807, 2.05) is 0 Å². The fourth-order valence-corrected chi connectivity index (χ4v) is 15.4. The summed E-state index contributed by atoms with van der Waals surface area (Å²) in [5.41, 5.74) is 0. The number of carbonyl (C=O) groups is 4. The van der Waals surface area contributed by atoms with Crippen LogP contribution in [0.15, 0.2) is 0 Å². The van der Waals surface area contributed by atoms with E-state index in [-0.39, 0.29) is 25.7 Å². The van der Waals surface area contributed by atoms with Crippen LogP contribution >= 0.6 is 15.6 Å². The third kappa shape index (κ3) is 80.7. The van der Waals surface area contributed by atoms with Crippen LogP contribution in [0, 0.1) is 23.7 Å². The van der Waals surface area contributed by atoms with Crippen molar-refractivity contribution >= 4 is 39.5 Å². The molecule has 0 aliphatic heterocycles. The average molecular weight is 1580 g/mol. The van der Waals surface area contributed by atoms with Crippen molar-refractivity contribution in [2.24, 2.45) is 23.7 Å². The van der Waals surface area contributed by atoms with Gasteiger partial charge in [0.25, 0.3) is 0 Å². The number of hydrogen-bond donors (Lipinski definition) is 3. The van der Waals surface area contributed by atoms with Crippen molar-refractivity contribution in [3.63, 3.8) is 0 Å². The molecule has 0 aromatic carbocycles. The van der Waals surface area contributed by atoms with Gasteiger partial charge in [-0.25, -0.2) is 9.13 Å². The van der Waals surface area contributed by atoms with Gasteiger partial charge in [0.15, 0.2) is 12.2 Å². The third-order valence-corrected chi connectivity index (χ3v) is 23.1. The number of aliphatic hydroxyl groups excluding tert-OH is 1. The van der Waals surface area contributed by atoms with Gasteiger partial charge in [-0.3, -0.25) is 37.3 Å². The molecule has 642 valence electrons. The van der Waals surface area contributed by atoms with Crippen molar-refractivity contribution in [3.05, 3.63) is 0 Å². The van der Waals surface area contributed by atoms with Crippen LogP contribution in [-0.2, 0) is 65.4 Å². The van der Waals surface area contributed by atoms with Gasteiger partial charge in [0.1, 0.15) is 19.3 Å². The molecule has 0 saturated carbocycles. The molecule has 0 aliphatic rings. The van der Waals surface area contributed by atoms with Crippen LogP contribution in [0.3, 0.4) is 0 Å². The van der Waals surface area contributed by atoms with E-state index in [0.29, 0.717) is 31.6 Å². The van der Waals surface area contributed by atoms with E-state index in [0.717, 1.165) is 114 Å². The van der Waals surface area contributed by atoms with E-state index in [1.165, 1.54) is 263 Å². The summed E-state index contributed by atoms with van der Waals surface area (Å²) >= 11 is 0. The minimum Gasteiger partial charge on any atom is -0.462 e. The summed E-state index contributed by atoms with van der Waals surface area (Å²) < 4.78 is 69.0. The highest BCUT2D eigenvalue weighted by molar-refractivity contribution is 7.47. The van der Waals surface area contributed by atoms with E-state index in [2.05, 4.69) is 55.4 Å². The first-order valence-electron chi connectivity index (χ1n) is 45.7. The van der Waals surface area contributed by atoms with Crippen molar-refractivity contribution in [2.75, 3.05) is 39.6 Å². The Morgan fingerprint density at radius 1 is 0.259 bits per heavy atom.